The molecule has 0 radical (unpaired) electrons. The van der Waals surface area contributed by atoms with Crippen molar-refractivity contribution in [2.24, 2.45) is 17.8 Å². The Kier molecular flexibility index (Phi) is 5.69. The van der Waals surface area contributed by atoms with Gasteiger partial charge in [-0.25, -0.2) is 0 Å². The third-order valence-corrected chi connectivity index (χ3v) is 5.88. The summed E-state index contributed by atoms with van der Waals surface area (Å²) >= 11 is 0. The van der Waals surface area contributed by atoms with Crippen LogP contribution in [0.5, 0.6) is 11.5 Å². The zero-order valence-electron chi connectivity index (χ0n) is 15.7. The predicted molar refractivity (Wildman–Crippen MR) is 98.4 cm³/mol. The SMILES string of the molecule is COc1ccc(C(=O)NCC(=O)NC(C)C2CC3CCC2C3)cc1OC. The van der Waals surface area contributed by atoms with E-state index in [9.17, 15) is 9.59 Å². The van der Waals surface area contributed by atoms with E-state index in [1.165, 1.54) is 32.8 Å². The van der Waals surface area contributed by atoms with Gasteiger partial charge in [-0.1, -0.05) is 6.42 Å². The number of nitrogens with one attached hydrogen (secondary N) is 2. The molecule has 1 aromatic rings. The standard InChI is InChI=1S/C20H28N2O4/c1-12(16-9-13-4-5-14(16)8-13)22-19(23)11-21-20(24)15-6-7-17(25-2)18(10-15)26-3/h6-7,10,12-14,16H,4-5,8-9,11H2,1-3H3,(H,21,24)(H,22,23). The summed E-state index contributed by atoms with van der Waals surface area (Å²) < 4.78 is 10.4. The Balaban J connectivity index is 1.49. The van der Waals surface area contributed by atoms with Crippen molar-refractivity contribution in [3.63, 3.8) is 0 Å². The van der Waals surface area contributed by atoms with Gasteiger partial charge in [-0.2, -0.15) is 0 Å². The number of benzene rings is 1. The summed E-state index contributed by atoms with van der Waals surface area (Å²) in [6.45, 7) is 2.05. The maximum absolute atomic E-state index is 12.3. The van der Waals surface area contributed by atoms with E-state index in [2.05, 4.69) is 17.6 Å². The summed E-state index contributed by atoms with van der Waals surface area (Å²) in [7, 11) is 3.06. The number of hydrogen-bond donors (Lipinski definition) is 2. The molecule has 6 heteroatoms. The van der Waals surface area contributed by atoms with Crippen LogP contribution in [0, 0.1) is 17.8 Å². The minimum absolute atomic E-state index is 0.0294. The number of amides is 2. The van der Waals surface area contributed by atoms with E-state index in [0.717, 1.165) is 11.8 Å². The first kappa shape index (κ1) is 18.5. The Morgan fingerprint density at radius 1 is 1.15 bits per heavy atom. The number of carbonyl (C=O) groups is 2. The molecule has 2 aliphatic rings. The van der Waals surface area contributed by atoms with E-state index in [4.69, 9.17) is 9.47 Å². The lowest BCUT2D eigenvalue weighted by atomic mass is 9.84. The van der Waals surface area contributed by atoms with E-state index in [1.807, 2.05) is 0 Å². The Labute approximate surface area is 154 Å². The van der Waals surface area contributed by atoms with Gasteiger partial charge in [-0.3, -0.25) is 9.59 Å². The van der Waals surface area contributed by atoms with Crippen LogP contribution in [0.4, 0.5) is 0 Å². The molecular formula is C20H28N2O4. The van der Waals surface area contributed by atoms with Crippen molar-refractivity contribution in [3.05, 3.63) is 23.8 Å². The van der Waals surface area contributed by atoms with Crippen molar-refractivity contribution in [1.82, 2.24) is 10.6 Å². The molecule has 2 saturated carbocycles. The number of fused-ring (bicyclic) bond motifs is 2. The fraction of sp³-hybridized carbons (Fsp3) is 0.600. The normalized spacial score (nSPS) is 24.8. The molecular weight excluding hydrogens is 332 g/mol. The second-order valence-electron chi connectivity index (χ2n) is 7.45. The molecule has 142 valence electrons. The van der Waals surface area contributed by atoms with Crippen LogP contribution in [-0.2, 0) is 4.79 Å². The lowest BCUT2D eigenvalue weighted by Crippen LogP contribution is -2.44. The van der Waals surface area contributed by atoms with Gasteiger partial charge in [0.25, 0.3) is 5.91 Å². The molecule has 2 aliphatic carbocycles. The number of hydrogen-bond acceptors (Lipinski definition) is 4. The van der Waals surface area contributed by atoms with Gasteiger partial charge in [0.15, 0.2) is 11.5 Å². The third-order valence-electron chi connectivity index (χ3n) is 5.88. The maximum Gasteiger partial charge on any atom is 0.251 e. The van der Waals surface area contributed by atoms with Crippen LogP contribution >= 0.6 is 0 Å². The van der Waals surface area contributed by atoms with Crippen molar-refractivity contribution in [2.45, 2.75) is 38.6 Å². The zero-order valence-corrected chi connectivity index (χ0v) is 15.7. The van der Waals surface area contributed by atoms with Gasteiger partial charge in [-0.05, 0) is 62.1 Å². The molecule has 0 spiro atoms. The van der Waals surface area contributed by atoms with E-state index in [0.29, 0.717) is 23.0 Å². The summed E-state index contributed by atoms with van der Waals surface area (Å²) in [6.07, 6.45) is 5.19. The number of methoxy groups -OCH3 is 2. The summed E-state index contributed by atoms with van der Waals surface area (Å²) in [6, 6.07) is 5.08. The predicted octanol–water partition coefficient (Wildman–Crippen LogP) is 2.37. The van der Waals surface area contributed by atoms with Crippen LogP contribution in [0.15, 0.2) is 18.2 Å². The van der Waals surface area contributed by atoms with Crippen LogP contribution < -0.4 is 20.1 Å². The third kappa shape index (κ3) is 3.94. The molecule has 4 unspecified atom stereocenters. The van der Waals surface area contributed by atoms with Gasteiger partial charge < -0.3 is 20.1 Å². The van der Waals surface area contributed by atoms with E-state index in [1.54, 1.807) is 25.3 Å². The first-order valence-electron chi connectivity index (χ1n) is 9.31. The minimum atomic E-state index is -0.311. The zero-order chi connectivity index (χ0) is 18.7. The smallest absolute Gasteiger partial charge is 0.251 e. The molecule has 4 atom stereocenters. The van der Waals surface area contributed by atoms with Gasteiger partial charge >= 0.3 is 0 Å². The van der Waals surface area contributed by atoms with Gasteiger partial charge in [0.1, 0.15) is 0 Å². The van der Waals surface area contributed by atoms with Crippen LogP contribution in [0.1, 0.15) is 43.0 Å². The average Bonchev–Trinajstić information content (AvgIpc) is 3.29. The summed E-state index contributed by atoms with van der Waals surface area (Å²) in [4.78, 5) is 24.5. The Morgan fingerprint density at radius 2 is 1.92 bits per heavy atom. The highest BCUT2D eigenvalue weighted by Crippen LogP contribution is 2.49. The second kappa shape index (κ2) is 7.98. The van der Waals surface area contributed by atoms with Crippen LogP contribution in [0.3, 0.4) is 0 Å². The van der Waals surface area contributed by atoms with E-state index < -0.39 is 0 Å². The van der Waals surface area contributed by atoms with Gasteiger partial charge in [0.2, 0.25) is 5.91 Å². The monoisotopic (exact) mass is 360 g/mol. The van der Waals surface area contributed by atoms with Crippen molar-refractivity contribution in [1.29, 1.82) is 0 Å². The molecule has 2 amide bonds. The van der Waals surface area contributed by atoms with Gasteiger partial charge in [0.05, 0.1) is 20.8 Å². The highest BCUT2D eigenvalue weighted by atomic mass is 16.5. The molecule has 1 aromatic carbocycles. The molecule has 0 saturated heterocycles. The molecule has 6 nitrogen and oxygen atoms in total. The minimum Gasteiger partial charge on any atom is -0.493 e. The summed E-state index contributed by atoms with van der Waals surface area (Å²) in [5, 5.41) is 5.73. The van der Waals surface area contributed by atoms with E-state index >= 15 is 0 Å². The fourth-order valence-corrected chi connectivity index (χ4v) is 4.56. The van der Waals surface area contributed by atoms with Crippen molar-refractivity contribution in [2.75, 3.05) is 20.8 Å². The van der Waals surface area contributed by atoms with Gasteiger partial charge in [-0.15, -0.1) is 0 Å². The Morgan fingerprint density at radius 3 is 2.54 bits per heavy atom. The van der Waals surface area contributed by atoms with Crippen LogP contribution in [0.2, 0.25) is 0 Å². The van der Waals surface area contributed by atoms with Gasteiger partial charge in [0, 0.05) is 11.6 Å². The van der Waals surface area contributed by atoms with Crippen molar-refractivity contribution >= 4 is 11.8 Å². The largest absolute Gasteiger partial charge is 0.493 e. The van der Waals surface area contributed by atoms with Crippen LogP contribution in [-0.4, -0.2) is 38.6 Å². The lowest BCUT2D eigenvalue weighted by molar-refractivity contribution is -0.121. The first-order valence-corrected chi connectivity index (χ1v) is 9.31. The molecule has 0 heterocycles. The van der Waals surface area contributed by atoms with Crippen molar-refractivity contribution < 1.29 is 19.1 Å². The average molecular weight is 360 g/mol. The van der Waals surface area contributed by atoms with E-state index in [-0.39, 0.29) is 24.4 Å². The molecule has 2 N–H and O–H groups in total. The second-order valence-corrected chi connectivity index (χ2v) is 7.45. The Bertz CT molecular complexity index is 676. The topological polar surface area (TPSA) is 76.7 Å². The summed E-state index contributed by atoms with van der Waals surface area (Å²) in [5.74, 6) is 2.78. The quantitative estimate of drug-likeness (QED) is 0.783. The molecule has 0 aliphatic heterocycles. The number of carbonyl (C=O) groups excluding carboxylic acids is 2. The Hall–Kier alpha value is -2.24. The molecule has 2 fully saturated rings. The molecule has 26 heavy (non-hydrogen) atoms. The summed E-state index contributed by atoms with van der Waals surface area (Å²) in [5.41, 5.74) is 0.427. The maximum atomic E-state index is 12.3. The molecule has 0 aromatic heterocycles. The number of rotatable bonds is 7. The first-order chi connectivity index (χ1) is 12.5. The molecule has 3 rings (SSSR count). The van der Waals surface area contributed by atoms with Crippen LogP contribution in [0.25, 0.3) is 0 Å². The lowest BCUT2D eigenvalue weighted by Gasteiger charge is -2.28. The molecule has 2 bridgehead atoms. The van der Waals surface area contributed by atoms with Crippen molar-refractivity contribution in [3.8, 4) is 11.5 Å². The number of ether oxygens (including phenoxy) is 2. The fourth-order valence-electron chi connectivity index (χ4n) is 4.56. The highest BCUT2D eigenvalue weighted by Gasteiger charge is 2.42. The highest BCUT2D eigenvalue weighted by molar-refractivity contribution is 5.97.